The van der Waals surface area contributed by atoms with Gasteiger partial charge in [0.05, 0.1) is 11.3 Å². The standard InChI is InChI=1S/C16H21NO4S/c1-3-13-11-17(9-8-14(13)10-16(18)19)22(20,21)15-6-4-12(2)5-7-15/h3-7,14H,8-11H2,1-2H3,(H,18,19)/b13-3+. The number of rotatable bonds is 4. The molecule has 0 bridgehead atoms. The average Bonchev–Trinajstić information content (AvgIpc) is 2.47. The Hall–Kier alpha value is -1.66. The highest BCUT2D eigenvalue weighted by Gasteiger charge is 2.32. The molecule has 1 aliphatic rings. The van der Waals surface area contributed by atoms with E-state index in [-0.39, 0.29) is 23.8 Å². The molecule has 1 heterocycles. The van der Waals surface area contributed by atoms with Gasteiger partial charge in [0.2, 0.25) is 10.0 Å². The summed E-state index contributed by atoms with van der Waals surface area (Å²) >= 11 is 0. The Morgan fingerprint density at radius 3 is 2.55 bits per heavy atom. The lowest BCUT2D eigenvalue weighted by Gasteiger charge is -2.33. The first-order valence-corrected chi connectivity index (χ1v) is 8.72. The van der Waals surface area contributed by atoms with Crippen molar-refractivity contribution in [2.45, 2.75) is 31.6 Å². The van der Waals surface area contributed by atoms with Crippen LogP contribution in [0.25, 0.3) is 0 Å². The van der Waals surface area contributed by atoms with Crippen molar-refractivity contribution in [1.29, 1.82) is 0 Å². The summed E-state index contributed by atoms with van der Waals surface area (Å²) in [6.07, 6.45) is 2.43. The largest absolute Gasteiger partial charge is 0.481 e. The molecule has 0 spiro atoms. The third-order valence-corrected chi connectivity index (χ3v) is 5.92. The predicted octanol–water partition coefficient (Wildman–Crippen LogP) is 2.43. The number of benzene rings is 1. The Balaban J connectivity index is 2.20. The lowest BCUT2D eigenvalue weighted by molar-refractivity contribution is -0.137. The van der Waals surface area contributed by atoms with Gasteiger partial charge in [-0.05, 0) is 38.3 Å². The summed E-state index contributed by atoms with van der Waals surface area (Å²) in [6.45, 7) is 4.36. The topological polar surface area (TPSA) is 74.7 Å². The van der Waals surface area contributed by atoms with Crippen molar-refractivity contribution in [3.05, 3.63) is 41.5 Å². The third-order valence-electron chi connectivity index (χ3n) is 4.06. The van der Waals surface area contributed by atoms with Crippen LogP contribution in [0.1, 0.15) is 25.3 Å². The monoisotopic (exact) mass is 323 g/mol. The fourth-order valence-electron chi connectivity index (χ4n) is 2.73. The summed E-state index contributed by atoms with van der Waals surface area (Å²) in [6, 6.07) is 6.79. The Labute approximate surface area is 131 Å². The van der Waals surface area contributed by atoms with Gasteiger partial charge in [0, 0.05) is 13.1 Å². The number of nitrogens with zero attached hydrogens (tertiary/aromatic N) is 1. The van der Waals surface area contributed by atoms with E-state index < -0.39 is 16.0 Å². The van der Waals surface area contributed by atoms with Crippen LogP contribution in [0.2, 0.25) is 0 Å². The van der Waals surface area contributed by atoms with Crippen LogP contribution in [0, 0.1) is 12.8 Å². The first-order valence-electron chi connectivity index (χ1n) is 7.28. The second-order valence-corrected chi connectivity index (χ2v) is 7.54. The van der Waals surface area contributed by atoms with Crippen molar-refractivity contribution in [3.8, 4) is 0 Å². The van der Waals surface area contributed by atoms with Gasteiger partial charge in [-0.2, -0.15) is 4.31 Å². The molecule has 1 unspecified atom stereocenters. The molecule has 22 heavy (non-hydrogen) atoms. The number of aryl methyl sites for hydroxylation is 1. The summed E-state index contributed by atoms with van der Waals surface area (Å²) in [5.74, 6) is -0.925. The van der Waals surface area contributed by atoms with Crippen LogP contribution in [0.15, 0.2) is 40.8 Å². The van der Waals surface area contributed by atoms with E-state index in [1.54, 1.807) is 24.3 Å². The van der Waals surface area contributed by atoms with E-state index in [1.165, 1.54) is 4.31 Å². The zero-order chi connectivity index (χ0) is 16.3. The number of carboxylic acid groups (broad SMARTS) is 1. The molecular weight excluding hydrogens is 302 g/mol. The molecule has 0 amide bonds. The van der Waals surface area contributed by atoms with Crippen molar-refractivity contribution < 1.29 is 18.3 Å². The van der Waals surface area contributed by atoms with E-state index in [2.05, 4.69) is 0 Å². The summed E-state index contributed by atoms with van der Waals surface area (Å²) < 4.78 is 26.8. The molecular formula is C16H21NO4S. The van der Waals surface area contributed by atoms with Gasteiger partial charge in [0.25, 0.3) is 0 Å². The SMILES string of the molecule is C/C=C1\CN(S(=O)(=O)c2ccc(C)cc2)CCC1CC(=O)O. The maximum Gasteiger partial charge on any atom is 0.303 e. The minimum Gasteiger partial charge on any atom is -0.481 e. The van der Waals surface area contributed by atoms with Crippen molar-refractivity contribution in [1.82, 2.24) is 4.31 Å². The zero-order valence-electron chi connectivity index (χ0n) is 12.8. The van der Waals surface area contributed by atoms with Gasteiger partial charge in [-0.1, -0.05) is 29.3 Å². The molecule has 0 aromatic heterocycles. The Kier molecular flexibility index (Phi) is 5.03. The van der Waals surface area contributed by atoms with Gasteiger partial charge in [-0.3, -0.25) is 4.79 Å². The fraction of sp³-hybridized carbons (Fsp3) is 0.438. The average molecular weight is 323 g/mol. The summed E-state index contributed by atoms with van der Waals surface area (Å²) in [5.41, 5.74) is 1.89. The maximum atomic E-state index is 12.7. The molecule has 0 saturated carbocycles. The lowest BCUT2D eigenvalue weighted by atomic mass is 9.89. The smallest absolute Gasteiger partial charge is 0.303 e. The molecule has 0 aliphatic carbocycles. The van der Waals surface area contributed by atoms with Gasteiger partial charge < -0.3 is 5.11 Å². The fourth-order valence-corrected chi connectivity index (χ4v) is 4.18. The highest BCUT2D eigenvalue weighted by Crippen LogP contribution is 2.29. The maximum absolute atomic E-state index is 12.7. The molecule has 1 aliphatic heterocycles. The van der Waals surface area contributed by atoms with E-state index >= 15 is 0 Å². The van der Waals surface area contributed by atoms with Crippen molar-refractivity contribution in [3.63, 3.8) is 0 Å². The number of carbonyl (C=O) groups is 1. The van der Waals surface area contributed by atoms with Gasteiger partial charge >= 0.3 is 5.97 Å². The van der Waals surface area contributed by atoms with Crippen LogP contribution >= 0.6 is 0 Å². The number of aliphatic carboxylic acids is 1. The molecule has 1 fully saturated rings. The van der Waals surface area contributed by atoms with E-state index in [0.717, 1.165) is 11.1 Å². The Bertz CT molecular complexity index is 677. The molecule has 120 valence electrons. The van der Waals surface area contributed by atoms with Crippen molar-refractivity contribution in [2.75, 3.05) is 13.1 Å². The van der Waals surface area contributed by atoms with E-state index in [0.29, 0.717) is 13.0 Å². The highest BCUT2D eigenvalue weighted by atomic mass is 32.2. The normalized spacial score (nSPS) is 21.9. The number of allylic oxidation sites excluding steroid dienone is 1. The van der Waals surface area contributed by atoms with E-state index in [9.17, 15) is 13.2 Å². The van der Waals surface area contributed by atoms with Crippen LogP contribution in [0.3, 0.4) is 0 Å². The van der Waals surface area contributed by atoms with Crippen molar-refractivity contribution >= 4 is 16.0 Å². The summed E-state index contributed by atoms with van der Waals surface area (Å²) in [5, 5.41) is 8.95. The van der Waals surface area contributed by atoms with Crippen LogP contribution < -0.4 is 0 Å². The molecule has 1 aromatic carbocycles. The van der Waals surface area contributed by atoms with Crippen LogP contribution in [-0.4, -0.2) is 36.9 Å². The second-order valence-electron chi connectivity index (χ2n) is 5.60. The minimum absolute atomic E-state index is 0.0537. The predicted molar refractivity (Wildman–Crippen MR) is 84.1 cm³/mol. The van der Waals surface area contributed by atoms with Gasteiger partial charge in [-0.25, -0.2) is 8.42 Å². The summed E-state index contributed by atoms with van der Waals surface area (Å²) in [7, 11) is -3.53. The number of carboxylic acids is 1. The number of piperidine rings is 1. The number of hydrogen-bond acceptors (Lipinski definition) is 3. The third kappa shape index (κ3) is 3.56. The quantitative estimate of drug-likeness (QED) is 0.864. The lowest BCUT2D eigenvalue weighted by Crippen LogP contribution is -2.40. The molecule has 5 nitrogen and oxygen atoms in total. The summed E-state index contributed by atoms with van der Waals surface area (Å²) in [4.78, 5) is 11.2. The molecule has 1 N–H and O–H groups in total. The minimum atomic E-state index is -3.53. The number of sulfonamides is 1. The van der Waals surface area contributed by atoms with Crippen molar-refractivity contribution in [2.24, 2.45) is 5.92 Å². The second kappa shape index (κ2) is 6.62. The Morgan fingerprint density at radius 1 is 1.36 bits per heavy atom. The first kappa shape index (κ1) is 16.7. The van der Waals surface area contributed by atoms with Gasteiger partial charge in [0.15, 0.2) is 0 Å². The Morgan fingerprint density at radius 2 is 2.00 bits per heavy atom. The van der Waals surface area contributed by atoms with Gasteiger partial charge in [0.1, 0.15) is 0 Å². The van der Waals surface area contributed by atoms with Crippen LogP contribution in [0.5, 0.6) is 0 Å². The molecule has 1 atom stereocenters. The highest BCUT2D eigenvalue weighted by molar-refractivity contribution is 7.89. The van der Waals surface area contributed by atoms with E-state index in [1.807, 2.05) is 19.9 Å². The molecule has 1 aromatic rings. The van der Waals surface area contributed by atoms with E-state index in [4.69, 9.17) is 5.11 Å². The van der Waals surface area contributed by atoms with Crippen LogP contribution in [-0.2, 0) is 14.8 Å². The van der Waals surface area contributed by atoms with Crippen LogP contribution in [0.4, 0.5) is 0 Å². The molecule has 6 heteroatoms. The zero-order valence-corrected chi connectivity index (χ0v) is 13.6. The molecule has 2 rings (SSSR count). The molecule has 1 saturated heterocycles. The first-order chi connectivity index (χ1) is 10.3. The van der Waals surface area contributed by atoms with Gasteiger partial charge in [-0.15, -0.1) is 0 Å². The number of hydrogen-bond donors (Lipinski definition) is 1. The molecule has 0 radical (unpaired) electrons.